The van der Waals surface area contributed by atoms with E-state index in [1.54, 1.807) is 25.4 Å². The Bertz CT molecular complexity index is 1050. The average Bonchev–Trinajstić information content (AvgIpc) is 3.39. The zero-order chi connectivity index (χ0) is 21.8. The van der Waals surface area contributed by atoms with E-state index in [2.05, 4.69) is 15.2 Å². The fourth-order valence-electron chi connectivity index (χ4n) is 3.75. The first-order chi connectivity index (χ1) is 15.1. The monoisotopic (exact) mass is 438 g/mol. The van der Waals surface area contributed by atoms with Crippen molar-refractivity contribution in [1.29, 1.82) is 0 Å². The number of nitro benzene ring substituents is 1. The Morgan fingerprint density at radius 2 is 2.03 bits per heavy atom. The third-order valence-corrected chi connectivity index (χ3v) is 5.58. The lowest BCUT2D eigenvalue weighted by molar-refractivity contribution is -0.384. The minimum atomic E-state index is -0.419. The topological polar surface area (TPSA) is 93.7 Å². The molecule has 0 spiro atoms. The molecule has 2 atom stereocenters. The van der Waals surface area contributed by atoms with Gasteiger partial charge in [-0.25, -0.2) is 0 Å². The Morgan fingerprint density at radius 1 is 1.23 bits per heavy atom. The van der Waals surface area contributed by atoms with Crippen molar-refractivity contribution in [2.24, 2.45) is 0 Å². The van der Waals surface area contributed by atoms with Crippen molar-refractivity contribution in [2.45, 2.75) is 18.5 Å². The predicted octanol–water partition coefficient (Wildman–Crippen LogP) is 4.26. The Morgan fingerprint density at radius 3 is 2.71 bits per heavy atom. The molecule has 3 aromatic rings. The quantitative estimate of drug-likeness (QED) is 0.241. The highest BCUT2D eigenvalue weighted by molar-refractivity contribution is 7.80. The van der Waals surface area contributed by atoms with E-state index in [9.17, 15) is 10.1 Å². The lowest BCUT2D eigenvalue weighted by Gasteiger charge is -2.25. The second-order valence-electron chi connectivity index (χ2n) is 7.17. The molecule has 1 aliphatic rings. The third-order valence-electron chi connectivity index (χ3n) is 5.23. The number of aromatic nitrogens is 1. The molecule has 8 nitrogen and oxygen atoms in total. The van der Waals surface area contributed by atoms with Gasteiger partial charge in [0.1, 0.15) is 17.6 Å². The molecule has 0 bridgehead atoms. The molecular weight excluding hydrogens is 416 g/mol. The largest absolute Gasteiger partial charge is 0.459 e. The summed E-state index contributed by atoms with van der Waals surface area (Å²) in [5.74, 6) is 1.38. The number of benzene rings is 1. The van der Waals surface area contributed by atoms with Gasteiger partial charge >= 0.3 is 0 Å². The van der Waals surface area contributed by atoms with Gasteiger partial charge in [-0.15, -0.1) is 0 Å². The molecule has 9 heteroatoms. The molecule has 0 radical (unpaired) electrons. The third kappa shape index (κ3) is 4.42. The molecule has 1 aromatic carbocycles. The summed E-state index contributed by atoms with van der Waals surface area (Å²) in [7, 11) is 1.68. The SMILES string of the molecule is COCCCN1C(=S)N[C@@H](c2ccccn2)[C@@H]1c1ccc(-c2ccc([N+](=O)[O-])cc2)o1. The molecular formula is C22H22N4O4S. The summed E-state index contributed by atoms with van der Waals surface area (Å²) >= 11 is 5.62. The van der Waals surface area contributed by atoms with Gasteiger partial charge in [0.15, 0.2) is 5.11 Å². The van der Waals surface area contributed by atoms with Gasteiger partial charge < -0.3 is 19.4 Å². The van der Waals surface area contributed by atoms with Crippen LogP contribution in [0, 0.1) is 10.1 Å². The van der Waals surface area contributed by atoms with Gasteiger partial charge in [-0.1, -0.05) is 6.07 Å². The van der Waals surface area contributed by atoms with Crippen LogP contribution in [0.25, 0.3) is 11.3 Å². The standard InChI is InChI=1S/C22H22N4O4S/c1-29-14-4-13-25-21(20(24-22(25)31)17-5-2-3-12-23-17)19-11-10-18(30-19)15-6-8-16(9-7-15)26(27)28/h2-3,5-12,20-21H,4,13-14H2,1H3,(H,24,31)/t20-,21-/m0/s1. The van der Waals surface area contributed by atoms with Gasteiger partial charge in [0.2, 0.25) is 0 Å². The molecule has 0 saturated carbocycles. The first-order valence-corrected chi connectivity index (χ1v) is 10.3. The minimum absolute atomic E-state index is 0.0420. The molecule has 1 aliphatic heterocycles. The van der Waals surface area contributed by atoms with E-state index < -0.39 is 4.92 Å². The molecule has 2 aromatic heterocycles. The number of furan rings is 1. The summed E-state index contributed by atoms with van der Waals surface area (Å²) in [6.07, 6.45) is 2.58. The second kappa shape index (κ2) is 9.23. The fraction of sp³-hybridized carbons (Fsp3) is 0.273. The van der Waals surface area contributed by atoms with Crippen LogP contribution in [0.2, 0.25) is 0 Å². The number of ether oxygens (including phenoxy) is 1. The van der Waals surface area contributed by atoms with Crippen LogP contribution >= 0.6 is 12.2 Å². The average molecular weight is 439 g/mol. The number of hydrogen-bond acceptors (Lipinski definition) is 6. The summed E-state index contributed by atoms with van der Waals surface area (Å²) in [5, 5.41) is 14.9. The number of nitrogens with one attached hydrogen (secondary N) is 1. The smallest absolute Gasteiger partial charge is 0.269 e. The van der Waals surface area contributed by atoms with Gasteiger partial charge in [-0.2, -0.15) is 0 Å². The maximum absolute atomic E-state index is 10.9. The van der Waals surface area contributed by atoms with Crippen LogP contribution in [0.15, 0.2) is 65.2 Å². The van der Waals surface area contributed by atoms with Crippen molar-refractivity contribution in [1.82, 2.24) is 15.2 Å². The number of nitrogens with zero attached hydrogens (tertiary/aromatic N) is 3. The van der Waals surface area contributed by atoms with Crippen LogP contribution in [-0.2, 0) is 4.74 Å². The number of pyridine rings is 1. The lowest BCUT2D eigenvalue weighted by Crippen LogP contribution is -2.31. The molecule has 0 aliphatic carbocycles. The van der Waals surface area contributed by atoms with Gasteiger partial charge in [0.05, 0.1) is 16.7 Å². The Balaban J connectivity index is 1.66. The number of hydrogen-bond donors (Lipinski definition) is 1. The Hall–Kier alpha value is -3.30. The first-order valence-electron chi connectivity index (χ1n) is 9.90. The number of nitro groups is 1. The summed E-state index contributed by atoms with van der Waals surface area (Å²) in [4.78, 5) is 17.1. The Kier molecular flexibility index (Phi) is 6.24. The van der Waals surface area contributed by atoms with E-state index in [0.29, 0.717) is 24.0 Å². The van der Waals surface area contributed by atoms with Crippen LogP contribution in [0.4, 0.5) is 5.69 Å². The van der Waals surface area contributed by atoms with E-state index in [1.165, 1.54) is 12.1 Å². The highest BCUT2D eigenvalue weighted by Crippen LogP contribution is 2.40. The van der Waals surface area contributed by atoms with Crippen LogP contribution in [0.1, 0.15) is 30.0 Å². The number of methoxy groups -OCH3 is 1. The number of non-ortho nitro benzene ring substituents is 1. The highest BCUT2D eigenvalue weighted by Gasteiger charge is 2.41. The Labute approximate surface area is 185 Å². The van der Waals surface area contributed by atoms with E-state index in [-0.39, 0.29) is 17.8 Å². The molecule has 1 N–H and O–H groups in total. The molecule has 0 unspecified atom stereocenters. The number of thiocarbonyl (C=S) groups is 1. The highest BCUT2D eigenvalue weighted by atomic mass is 32.1. The van der Waals surface area contributed by atoms with Crippen molar-refractivity contribution in [3.05, 3.63) is 82.4 Å². The van der Waals surface area contributed by atoms with Gasteiger partial charge in [-0.05, 0) is 55.0 Å². The van der Waals surface area contributed by atoms with Gasteiger partial charge in [0.25, 0.3) is 5.69 Å². The molecule has 31 heavy (non-hydrogen) atoms. The van der Waals surface area contributed by atoms with Crippen molar-refractivity contribution >= 4 is 23.0 Å². The maximum Gasteiger partial charge on any atom is 0.269 e. The fourth-order valence-corrected chi connectivity index (χ4v) is 4.08. The van der Waals surface area contributed by atoms with E-state index >= 15 is 0 Å². The maximum atomic E-state index is 10.9. The molecule has 0 amide bonds. The van der Waals surface area contributed by atoms with E-state index in [4.69, 9.17) is 21.4 Å². The van der Waals surface area contributed by atoms with Crippen molar-refractivity contribution in [3.63, 3.8) is 0 Å². The van der Waals surface area contributed by atoms with Crippen LogP contribution in [0.3, 0.4) is 0 Å². The summed E-state index contributed by atoms with van der Waals surface area (Å²) in [5.41, 5.74) is 1.68. The summed E-state index contributed by atoms with van der Waals surface area (Å²) in [6.45, 7) is 1.34. The predicted molar refractivity (Wildman–Crippen MR) is 119 cm³/mol. The lowest BCUT2D eigenvalue weighted by atomic mass is 10.0. The second-order valence-corrected chi connectivity index (χ2v) is 7.56. The van der Waals surface area contributed by atoms with Crippen molar-refractivity contribution < 1.29 is 14.1 Å². The van der Waals surface area contributed by atoms with Crippen LogP contribution in [0.5, 0.6) is 0 Å². The molecule has 1 fully saturated rings. The van der Waals surface area contributed by atoms with Crippen LogP contribution < -0.4 is 5.32 Å². The molecule has 1 saturated heterocycles. The van der Waals surface area contributed by atoms with Crippen molar-refractivity contribution in [2.75, 3.05) is 20.3 Å². The van der Waals surface area contributed by atoms with Gasteiger partial charge in [-0.3, -0.25) is 15.1 Å². The zero-order valence-electron chi connectivity index (χ0n) is 16.9. The van der Waals surface area contributed by atoms with Gasteiger partial charge in [0, 0.05) is 44.2 Å². The molecule has 3 heterocycles. The van der Waals surface area contributed by atoms with Crippen molar-refractivity contribution in [3.8, 4) is 11.3 Å². The van der Waals surface area contributed by atoms with E-state index in [0.717, 1.165) is 23.4 Å². The number of rotatable bonds is 8. The normalized spacial score (nSPS) is 18.2. The minimum Gasteiger partial charge on any atom is -0.459 e. The molecule has 4 rings (SSSR count). The summed E-state index contributed by atoms with van der Waals surface area (Å²) in [6, 6.07) is 15.6. The zero-order valence-corrected chi connectivity index (χ0v) is 17.7. The van der Waals surface area contributed by atoms with E-state index in [1.807, 2.05) is 30.3 Å². The summed E-state index contributed by atoms with van der Waals surface area (Å²) < 4.78 is 11.4. The molecule has 160 valence electrons. The first kappa shape index (κ1) is 21.0. The van der Waals surface area contributed by atoms with Crippen LogP contribution in [-0.4, -0.2) is 40.2 Å².